The minimum absolute atomic E-state index is 0.130. The number of hydrogen-bond donors (Lipinski definition) is 1. The molecule has 1 saturated heterocycles. The molecule has 106 valence electrons. The van der Waals surface area contributed by atoms with Gasteiger partial charge in [-0.25, -0.2) is 4.98 Å². The number of amides is 1. The van der Waals surface area contributed by atoms with Crippen LogP contribution in [0.3, 0.4) is 0 Å². The van der Waals surface area contributed by atoms with Crippen molar-refractivity contribution in [2.45, 2.75) is 25.8 Å². The van der Waals surface area contributed by atoms with E-state index in [1.807, 2.05) is 11.6 Å². The van der Waals surface area contributed by atoms with E-state index in [9.17, 15) is 4.79 Å². The van der Waals surface area contributed by atoms with Gasteiger partial charge in [-0.2, -0.15) is 0 Å². The highest BCUT2D eigenvalue weighted by atomic mass is 32.1. The molecule has 0 saturated carbocycles. The predicted octanol–water partition coefficient (Wildman–Crippen LogP) is 1.84. The highest BCUT2D eigenvalue weighted by Gasteiger charge is 2.27. The van der Waals surface area contributed by atoms with Gasteiger partial charge in [-0.3, -0.25) is 4.79 Å². The van der Waals surface area contributed by atoms with Crippen molar-refractivity contribution in [2.75, 3.05) is 18.0 Å². The Balaban J connectivity index is 1.61. The third-order valence-electron chi connectivity index (χ3n) is 3.54. The first-order valence-corrected chi connectivity index (χ1v) is 7.49. The van der Waals surface area contributed by atoms with Crippen LogP contribution in [0.4, 0.5) is 5.13 Å². The van der Waals surface area contributed by atoms with Crippen molar-refractivity contribution in [1.29, 1.82) is 0 Å². The molecule has 7 heteroatoms. The molecule has 2 aromatic heterocycles. The second-order valence-electron chi connectivity index (χ2n) is 4.81. The van der Waals surface area contributed by atoms with Crippen LogP contribution in [0.25, 0.3) is 0 Å². The van der Waals surface area contributed by atoms with Crippen molar-refractivity contribution < 1.29 is 9.32 Å². The summed E-state index contributed by atoms with van der Waals surface area (Å²) in [4.78, 5) is 18.6. The lowest BCUT2D eigenvalue weighted by atomic mass is 10.2. The average molecular weight is 292 g/mol. The molecule has 2 aromatic rings. The molecule has 3 rings (SSSR count). The van der Waals surface area contributed by atoms with Gasteiger partial charge in [0.1, 0.15) is 11.3 Å². The number of aryl methyl sites for hydroxylation is 1. The summed E-state index contributed by atoms with van der Waals surface area (Å²) < 4.78 is 4.91. The van der Waals surface area contributed by atoms with E-state index in [0.29, 0.717) is 23.9 Å². The van der Waals surface area contributed by atoms with Crippen LogP contribution >= 0.6 is 11.3 Å². The molecule has 0 spiro atoms. The molecule has 1 amide bonds. The molecular formula is C13H16N4O2S. The van der Waals surface area contributed by atoms with E-state index < -0.39 is 0 Å². The number of carbonyl (C=O) groups is 1. The summed E-state index contributed by atoms with van der Waals surface area (Å²) in [5, 5.41) is 9.59. The van der Waals surface area contributed by atoms with Crippen molar-refractivity contribution in [1.82, 2.24) is 15.5 Å². The zero-order valence-corrected chi connectivity index (χ0v) is 12.0. The smallest absolute Gasteiger partial charge is 0.256 e. The molecule has 1 aliphatic heterocycles. The van der Waals surface area contributed by atoms with Gasteiger partial charge in [-0.05, 0) is 19.8 Å². The van der Waals surface area contributed by atoms with Crippen LogP contribution in [0.15, 0.2) is 22.3 Å². The Labute approximate surface area is 120 Å². The number of hydrogen-bond acceptors (Lipinski definition) is 6. The fourth-order valence-corrected chi connectivity index (χ4v) is 3.22. The lowest BCUT2D eigenvalue weighted by Gasteiger charge is -2.24. The van der Waals surface area contributed by atoms with Gasteiger partial charge in [-0.15, -0.1) is 11.3 Å². The summed E-state index contributed by atoms with van der Waals surface area (Å²) in [5.41, 5.74) is 0.504. The first kappa shape index (κ1) is 13.1. The van der Waals surface area contributed by atoms with Gasteiger partial charge in [-0.1, -0.05) is 5.16 Å². The average Bonchev–Trinajstić information content (AvgIpc) is 3.16. The van der Waals surface area contributed by atoms with Crippen molar-refractivity contribution in [3.63, 3.8) is 0 Å². The zero-order valence-electron chi connectivity index (χ0n) is 11.2. The summed E-state index contributed by atoms with van der Waals surface area (Å²) >= 11 is 1.64. The number of thiazole rings is 1. The molecule has 1 fully saturated rings. The molecule has 3 heterocycles. The van der Waals surface area contributed by atoms with Gasteiger partial charge in [0.2, 0.25) is 0 Å². The molecule has 20 heavy (non-hydrogen) atoms. The van der Waals surface area contributed by atoms with E-state index >= 15 is 0 Å². The standard InChI is InChI=1S/C13H16N4O2S/c1-9-11(8-16-19-9)12(18)15-7-10-3-2-5-17(10)13-14-4-6-20-13/h4,6,8,10H,2-3,5,7H2,1H3,(H,15,18). The fourth-order valence-electron chi connectivity index (χ4n) is 2.48. The molecule has 0 bridgehead atoms. The molecule has 1 unspecified atom stereocenters. The van der Waals surface area contributed by atoms with Crippen LogP contribution in [-0.2, 0) is 0 Å². The molecular weight excluding hydrogens is 276 g/mol. The normalized spacial score (nSPS) is 18.4. The lowest BCUT2D eigenvalue weighted by molar-refractivity contribution is 0.0950. The Kier molecular flexibility index (Phi) is 3.68. The number of carbonyl (C=O) groups excluding carboxylic acids is 1. The maximum Gasteiger partial charge on any atom is 0.256 e. The number of aromatic nitrogens is 2. The third kappa shape index (κ3) is 2.53. The highest BCUT2D eigenvalue weighted by molar-refractivity contribution is 7.13. The maximum absolute atomic E-state index is 12.0. The SMILES string of the molecule is Cc1oncc1C(=O)NCC1CCCN1c1nccs1. The Bertz CT molecular complexity index is 581. The number of anilines is 1. The molecule has 0 aromatic carbocycles. The second-order valence-corrected chi connectivity index (χ2v) is 5.68. The molecule has 0 radical (unpaired) electrons. The quantitative estimate of drug-likeness (QED) is 0.931. The van der Waals surface area contributed by atoms with Gasteiger partial charge in [0, 0.05) is 30.7 Å². The Morgan fingerprint density at radius 1 is 1.65 bits per heavy atom. The monoisotopic (exact) mass is 292 g/mol. The van der Waals surface area contributed by atoms with Gasteiger partial charge in [0.05, 0.1) is 6.20 Å². The minimum Gasteiger partial charge on any atom is -0.361 e. The van der Waals surface area contributed by atoms with Crippen LogP contribution in [0.2, 0.25) is 0 Å². The summed E-state index contributed by atoms with van der Waals surface area (Å²) in [6.07, 6.45) is 5.47. The minimum atomic E-state index is -0.130. The molecule has 6 nitrogen and oxygen atoms in total. The summed E-state index contributed by atoms with van der Waals surface area (Å²) in [7, 11) is 0. The fraction of sp³-hybridized carbons (Fsp3) is 0.462. The topological polar surface area (TPSA) is 71.3 Å². The van der Waals surface area contributed by atoms with Crippen molar-refractivity contribution in [3.05, 3.63) is 29.1 Å². The molecule has 1 aliphatic rings. The van der Waals surface area contributed by atoms with Gasteiger partial charge in [0.25, 0.3) is 5.91 Å². The summed E-state index contributed by atoms with van der Waals surface area (Å²) in [6, 6.07) is 0.310. The van der Waals surface area contributed by atoms with E-state index in [-0.39, 0.29) is 5.91 Å². The number of nitrogens with zero attached hydrogens (tertiary/aromatic N) is 3. The van der Waals surface area contributed by atoms with Crippen molar-refractivity contribution >= 4 is 22.4 Å². The molecule has 0 aliphatic carbocycles. The van der Waals surface area contributed by atoms with Crippen LogP contribution in [0.1, 0.15) is 29.0 Å². The lowest BCUT2D eigenvalue weighted by Crippen LogP contribution is -2.40. The Hall–Kier alpha value is -1.89. The Morgan fingerprint density at radius 2 is 2.55 bits per heavy atom. The van der Waals surface area contributed by atoms with E-state index in [0.717, 1.165) is 24.5 Å². The van der Waals surface area contributed by atoms with E-state index in [1.54, 1.807) is 18.3 Å². The van der Waals surface area contributed by atoms with Crippen molar-refractivity contribution in [3.8, 4) is 0 Å². The highest BCUT2D eigenvalue weighted by Crippen LogP contribution is 2.26. The van der Waals surface area contributed by atoms with E-state index in [2.05, 4.69) is 20.4 Å². The Morgan fingerprint density at radius 3 is 3.25 bits per heavy atom. The van der Waals surface area contributed by atoms with Crippen LogP contribution < -0.4 is 10.2 Å². The van der Waals surface area contributed by atoms with Crippen molar-refractivity contribution in [2.24, 2.45) is 0 Å². The predicted molar refractivity (Wildman–Crippen MR) is 76.1 cm³/mol. The first-order chi connectivity index (χ1) is 9.75. The molecule has 1 atom stereocenters. The largest absolute Gasteiger partial charge is 0.361 e. The van der Waals surface area contributed by atoms with Gasteiger partial charge < -0.3 is 14.7 Å². The first-order valence-electron chi connectivity index (χ1n) is 6.61. The second kappa shape index (κ2) is 5.62. The zero-order chi connectivity index (χ0) is 13.9. The van der Waals surface area contributed by atoms with E-state index in [4.69, 9.17) is 4.52 Å². The van der Waals surface area contributed by atoms with Crippen LogP contribution in [0, 0.1) is 6.92 Å². The summed E-state index contributed by atoms with van der Waals surface area (Å²) in [5.74, 6) is 0.417. The van der Waals surface area contributed by atoms with Gasteiger partial charge >= 0.3 is 0 Å². The number of rotatable bonds is 4. The van der Waals surface area contributed by atoms with E-state index in [1.165, 1.54) is 6.20 Å². The third-order valence-corrected chi connectivity index (χ3v) is 4.34. The summed E-state index contributed by atoms with van der Waals surface area (Å²) in [6.45, 7) is 3.35. The van der Waals surface area contributed by atoms with Crippen LogP contribution in [0.5, 0.6) is 0 Å². The van der Waals surface area contributed by atoms with Gasteiger partial charge in [0.15, 0.2) is 5.13 Å². The van der Waals surface area contributed by atoms with Crippen LogP contribution in [-0.4, -0.2) is 35.2 Å². The molecule has 1 N–H and O–H groups in total. The number of nitrogens with one attached hydrogen (secondary N) is 1. The maximum atomic E-state index is 12.0.